The first-order chi connectivity index (χ1) is 8.42. The van der Waals surface area contributed by atoms with Crippen molar-refractivity contribution in [3.8, 4) is 5.75 Å². The van der Waals surface area contributed by atoms with E-state index in [1.165, 1.54) is 6.26 Å². The van der Waals surface area contributed by atoms with E-state index in [1.54, 1.807) is 12.1 Å². The number of hydrogen-bond acceptors (Lipinski definition) is 4. The van der Waals surface area contributed by atoms with E-state index in [9.17, 15) is 8.42 Å². The first kappa shape index (κ1) is 13.6. The zero-order valence-corrected chi connectivity index (χ0v) is 11.7. The number of halogens is 1. The maximum atomic E-state index is 11.0. The molecule has 1 aromatic rings. The summed E-state index contributed by atoms with van der Waals surface area (Å²) in [5.41, 5.74) is 0. The van der Waals surface area contributed by atoms with Crippen molar-refractivity contribution in [3.05, 3.63) is 29.3 Å². The van der Waals surface area contributed by atoms with Gasteiger partial charge in [-0.25, -0.2) is 8.42 Å². The molecule has 0 bridgehead atoms. The minimum Gasteiger partial charge on any atom is -0.488 e. The second-order valence-corrected chi connectivity index (χ2v) is 7.28. The predicted octanol–water partition coefficient (Wildman–Crippen LogP) is 1.45. The Labute approximate surface area is 112 Å². The summed E-state index contributed by atoms with van der Waals surface area (Å²) >= 11 is 5.86. The molecule has 0 aliphatic carbocycles. The highest BCUT2D eigenvalue weighted by molar-refractivity contribution is 7.90. The van der Waals surface area contributed by atoms with E-state index in [2.05, 4.69) is 4.90 Å². The summed E-state index contributed by atoms with van der Waals surface area (Å²) in [7, 11) is -2.88. The lowest BCUT2D eigenvalue weighted by molar-refractivity contribution is 0.0243. The van der Waals surface area contributed by atoms with Crippen LogP contribution in [-0.4, -0.2) is 51.1 Å². The van der Waals surface area contributed by atoms with E-state index in [-0.39, 0.29) is 11.9 Å². The monoisotopic (exact) mass is 289 g/mol. The van der Waals surface area contributed by atoms with E-state index >= 15 is 0 Å². The molecule has 0 amide bonds. The van der Waals surface area contributed by atoms with Crippen LogP contribution in [0.2, 0.25) is 5.02 Å². The van der Waals surface area contributed by atoms with Gasteiger partial charge in [0.2, 0.25) is 0 Å². The average Bonchev–Trinajstić information content (AvgIpc) is 2.20. The zero-order valence-electron chi connectivity index (χ0n) is 10.2. The van der Waals surface area contributed by atoms with Crippen LogP contribution in [0.4, 0.5) is 0 Å². The molecule has 2 rings (SSSR count). The SMILES string of the molecule is CS(=O)(=O)CCN1CC(Oc2cccc(Cl)c2)C1. The van der Waals surface area contributed by atoms with E-state index in [0.717, 1.165) is 18.8 Å². The second kappa shape index (κ2) is 5.47. The van der Waals surface area contributed by atoms with Gasteiger partial charge in [0.05, 0.1) is 5.75 Å². The largest absolute Gasteiger partial charge is 0.488 e. The van der Waals surface area contributed by atoms with Crippen LogP contribution in [0, 0.1) is 0 Å². The number of hydrogen-bond donors (Lipinski definition) is 0. The summed E-state index contributed by atoms with van der Waals surface area (Å²) in [4.78, 5) is 2.07. The van der Waals surface area contributed by atoms with Crippen molar-refractivity contribution >= 4 is 21.4 Å². The average molecular weight is 290 g/mol. The fraction of sp³-hybridized carbons (Fsp3) is 0.500. The first-order valence-corrected chi connectivity index (χ1v) is 8.18. The molecule has 1 heterocycles. The van der Waals surface area contributed by atoms with E-state index < -0.39 is 9.84 Å². The van der Waals surface area contributed by atoms with Crippen LogP contribution in [-0.2, 0) is 9.84 Å². The molecule has 1 fully saturated rings. The maximum absolute atomic E-state index is 11.0. The van der Waals surface area contributed by atoms with Gasteiger partial charge in [-0.1, -0.05) is 17.7 Å². The minimum absolute atomic E-state index is 0.128. The highest BCUT2D eigenvalue weighted by Gasteiger charge is 2.28. The number of sulfone groups is 1. The Hall–Kier alpha value is -0.780. The van der Waals surface area contributed by atoms with Gasteiger partial charge in [-0.3, -0.25) is 4.90 Å². The van der Waals surface area contributed by atoms with E-state index in [0.29, 0.717) is 11.6 Å². The molecule has 6 heteroatoms. The molecule has 18 heavy (non-hydrogen) atoms. The van der Waals surface area contributed by atoms with Crippen molar-refractivity contribution in [3.63, 3.8) is 0 Å². The number of ether oxygens (including phenoxy) is 1. The Kier molecular flexibility index (Phi) is 4.14. The molecular weight excluding hydrogens is 274 g/mol. The Bertz CT molecular complexity index is 512. The number of benzene rings is 1. The van der Waals surface area contributed by atoms with Crippen LogP contribution in [0.3, 0.4) is 0 Å². The fourth-order valence-electron chi connectivity index (χ4n) is 1.81. The summed E-state index contributed by atoms with van der Waals surface area (Å²) in [6.07, 6.45) is 1.38. The van der Waals surface area contributed by atoms with Crippen LogP contribution in [0.25, 0.3) is 0 Å². The maximum Gasteiger partial charge on any atom is 0.148 e. The third kappa shape index (κ3) is 4.15. The lowest BCUT2D eigenvalue weighted by Crippen LogP contribution is -2.54. The molecule has 100 valence electrons. The number of rotatable bonds is 5. The molecule has 1 aromatic carbocycles. The van der Waals surface area contributed by atoms with Gasteiger partial charge in [-0.2, -0.15) is 0 Å². The van der Waals surface area contributed by atoms with Gasteiger partial charge >= 0.3 is 0 Å². The standard InChI is InChI=1S/C12H16ClNO3S/c1-18(15,16)6-5-14-8-12(9-14)17-11-4-2-3-10(13)7-11/h2-4,7,12H,5-6,8-9H2,1H3. The van der Waals surface area contributed by atoms with Crippen LogP contribution >= 0.6 is 11.6 Å². The van der Waals surface area contributed by atoms with Gasteiger partial charge in [0, 0.05) is 30.9 Å². The van der Waals surface area contributed by atoms with E-state index in [1.807, 2.05) is 12.1 Å². The molecule has 0 spiro atoms. The molecular formula is C12H16ClNO3S. The topological polar surface area (TPSA) is 46.6 Å². The first-order valence-electron chi connectivity index (χ1n) is 5.75. The molecule has 0 radical (unpaired) electrons. The Morgan fingerprint density at radius 3 is 2.78 bits per heavy atom. The van der Waals surface area contributed by atoms with Gasteiger partial charge in [-0.05, 0) is 18.2 Å². The molecule has 0 unspecified atom stereocenters. The van der Waals surface area contributed by atoms with Gasteiger partial charge < -0.3 is 4.74 Å². The molecule has 0 atom stereocenters. The summed E-state index contributed by atoms with van der Waals surface area (Å²) in [6.45, 7) is 2.11. The predicted molar refractivity (Wildman–Crippen MR) is 72.0 cm³/mol. The van der Waals surface area contributed by atoms with Crippen molar-refractivity contribution < 1.29 is 13.2 Å². The van der Waals surface area contributed by atoms with Crippen LogP contribution in [0.1, 0.15) is 0 Å². The lowest BCUT2D eigenvalue weighted by Gasteiger charge is -2.38. The second-order valence-electron chi connectivity index (χ2n) is 4.59. The highest BCUT2D eigenvalue weighted by Crippen LogP contribution is 2.21. The number of likely N-dealkylation sites (tertiary alicyclic amines) is 1. The molecule has 4 nitrogen and oxygen atoms in total. The smallest absolute Gasteiger partial charge is 0.148 e. The fourth-order valence-corrected chi connectivity index (χ4v) is 2.58. The molecule has 1 aliphatic heterocycles. The molecule has 1 aliphatic rings. The minimum atomic E-state index is -2.88. The van der Waals surface area contributed by atoms with Crippen LogP contribution < -0.4 is 4.74 Å². The van der Waals surface area contributed by atoms with Crippen molar-refractivity contribution in [2.45, 2.75) is 6.10 Å². The third-order valence-electron chi connectivity index (χ3n) is 2.80. The molecule has 0 aromatic heterocycles. The lowest BCUT2D eigenvalue weighted by atomic mass is 10.2. The summed E-state index contributed by atoms with van der Waals surface area (Å²) in [5, 5.41) is 0.653. The summed E-state index contributed by atoms with van der Waals surface area (Å²) < 4.78 is 27.7. The Morgan fingerprint density at radius 2 is 2.17 bits per heavy atom. The van der Waals surface area contributed by atoms with Crippen molar-refractivity contribution in [2.24, 2.45) is 0 Å². The quantitative estimate of drug-likeness (QED) is 0.823. The Morgan fingerprint density at radius 1 is 1.44 bits per heavy atom. The normalized spacial score (nSPS) is 17.4. The van der Waals surface area contributed by atoms with Gasteiger partial charge in [0.25, 0.3) is 0 Å². The van der Waals surface area contributed by atoms with E-state index in [4.69, 9.17) is 16.3 Å². The van der Waals surface area contributed by atoms with Gasteiger partial charge in [0.15, 0.2) is 0 Å². The summed E-state index contributed by atoms with van der Waals surface area (Å²) in [6, 6.07) is 7.29. The summed E-state index contributed by atoms with van der Waals surface area (Å²) in [5.74, 6) is 0.965. The van der Waals surface area contributed by atoms with Gasteiger partial charge in [0.1, 0.15) is 21.7 Å². The van der Waals surface area contributed by atoms with Crippen LogP contribution in [0.5, 0.6) is 5.75 Å². The molecule has 0 saturated carbocycles. The number of nitrogens with zero attached hydrogens (tertiary/aromatic N) is 1. The molecule has 0 N–H and O–H groups in total. The Balaban J connectivity index is 1.73. The molecule has 1 saturated heterocycles. The van der Waals surface area contributed by atoms with Crippen molar-refractivity contribution in [1.82, 2.24) is 4.90 Å². The van der Waals surface area contributed by atoms with Crippen LogP contribution in [0.15, 0.2) is 24.3 Å². The van der Waals surface area contributed by atoms with Crippen molar-refractivity contribution in [1.29, 1.82) is 0 Å². The van der Waals surface area contributed by atoms with Crippen molar-refractivity contribution in [2.75, 3.05) is 31.6 Å². The van der Waals surface area contributed by atoms with Gasteiger partial charge in [-0.15, -0.1) is 0 Å². The third-order valence-corrected chi connectivity index (χ3v) is 3.96. The highest BCUT2D eigenvalue weighted by atomic mass is 35.5. The zero-order chi connectivity index (χ0) is 13.2.